The van der Waals surface area contributed by atoms with Crippen LogP contribution in [0.1, 0.15) is 0 Å². The predicted molar refractivity (Wildman–Crippen MR) is 73.2 cm³/mol. The second-order valence-corrected chi connectivity index (χ2v) is 3.36. The molecule has 0 heterocycles. The van der Waals surface area contributed by atoms with Crippen molar-refractivity contribution in [2.45, 2.75) is 6.04 Å². The van der Waals surface area contributed by atoms with Crippen LogP contribution in [-0.4, -0.2) is 54.3 Å². The second kappa shape index (κ2) is 17.0. The first-order chi connectivity index (χ1) is 5.95. The minimum atomic E-state index is -1.00. The molecule has 0 radical (unpaired) electrons. The molecule has 0 saturated carbocycles. The standard InChI is InChI=1S/C4H10ClN.C3H7NO2S.2ClH/c1-6(2)4-3-5;4-2(1-7)3(5)6;;/h3-4H2,1-2H3;2,7H,1,4H2,(H,5,6);2*1H. The van der Waals surface area contributed by atoms with Crippen LogP contribution in [0.25, 0.3) is 0 Å². The van der Waals surface area contributed by atoms with Crippen molar-refractivity contribution < 1.29 is 9.90 Å². The van der Waals surface area contributed by atoms with Gasteiger partial charge in [-0.25, -0.2) is 0 Å². The predicted octanol–water partition coefficient (Wildman–Crippen LogP) is 0.959. The van der Waals surface area contributed by atoms with E-state index in [4.69, 9.17) is 22.4 Å². The highest BCUT2D eigenvalue weighted by atomic mass is 35.5. The Kier molecular flexibility index (Phi) is 28.0. The normalized spacial score (nSPS) is 10.3. The van der Waals surface area contributed by atoms with Crippen LogP contribution >= 0.6 is 49.0 Å². The maximum atomic E-state index is 9.76. The molecule has 0 aromatic heterocycles. The maximum absolute atomic E-state index is 9.76. The zero-order valence-corrected chi connectivity index (χ0v) is 12.0. The fourth-order valence-electron chi connectivity index (χ4n) is 0.247. The van der Waals surface area contributed by atoms with Gasteiger partial charge in [0.25, 0.3) is 0 Å². The van der Waals surface area contributed by atoms with Gasteiger partial charge in [0, 0.05) is 18.2 Å². The molecule has 8 heteroatoms. The Bertz CT molecular complexity index is 141. The van der Waals surface area contributed by atoms with Gasteiger partial charge in [-0.15, -0.1) is 36.4 Å². The lowest BCUT2D eigenvalue weighted by Crippen LogP contribution is -2.31. The zero-order valence-electron chi connectivity index (χ0n) is 8.72. The third kappa shape index (κ3) is 25.2. The quantitative estimate of drug-likeness (QED) is 0.534. The highest BCUT2D eigenvalue weighted by Crippen LogP contribution is 1.80. The fourth-order valence-corrected chi connectivity index (χ4v) is 0.741. The van der Waals surface area contributed by atoms with E-state index in [9.17, 15) is 4.79 Å². The first kappa shape index (κ1) is 24.7. The summed E-state index contributed by atoms with van der Waals surface area (Å²) in [5.41, 5.74) is 4.94. The molecule has 0 bridgehead atoms. The summed E-state index contributed by atoms with van der Waals surface area (Å²) in [7, 11) is 4.00. The van der Waals surface area contributed by atoms with Crippen LogP contribution in [0.3, 0.4) is 0 Å². The van der Waals surface area contributed by atoms with E-state index >= 15 is 0 Å². The summed E-state index contributed by atoms with van der Waals surface area (Å²) in [5, 5.41) is 8.01. The molecule has 0 amide bonds. The molecule has 3 N–H and O–H groups in total. The number of carboxylic acids is 1. The molecule has 0 fully saturated rings. The molecule has 0 aliphatic carbocycles. The third-order valence-corrected chi connectivity index (χ3v) is 1.61. The summed E-state index contributed by atoms with van der Waals surface area (Å²) >= 11 is 9.00. The Hall–Kier alpha value is 0.610. The average molecular weight is 302 g/mol. The SMILES string of the molecule is CN(C)CCCl.Cl.Cl.NC(CS)C(=O)O. The molecule has 0 aliphatic rings. The summed E-state index contributed by atoms with van der Waals surface area (Å²) < 4.78 is 0. The van der Waals surface area contributed by atoms with Crippen LogP contribution in [0.15, 0.2) is 0 Å². The number of nitrogens with two attached hydrogens (primary N) is 1. The van der Waals surface area contributed by atoms with Gasteiger partial charge >= 0.3 is 5.97 Å². The van der Waals surface area contributed by atoms with Gasteiger partial charge in [-0.2, -0.15) is 12.6 Å². The van der Waals surface area contributed by atoms with Crippen LogP contribution < -0.4 is 5.73 Å². The Labute approximate surface area is 114 Å². The topological polar surface area (TPSA) is 66.6 Å². The number of nitrogens with zero attached hydrogens (tertiary/aromatic N) is 1. The van der Waals surface area contributed by atoms with E-state index < -0.39 is 12.0 Å². The van der Waals surface area contributed by atoms with Gasteiger partial charge in [-0.05, 0) is 14.1 Å². The molecule has 96 valence electrons. The minimum Gasteiger partial charge on any atom is -0.480 e. The number of aliphatic carboxylic acids is 1. The summed E-state index contributed by atoms with van der Waals surface area (Å²) in [6.45, 7) is 0.974. The van der Waals surface area contributed by atoms with Gasteiger partial charge < -0.3 is 15.7 Å². The number of thiol groups is 1. The van der Waals surface area contributed by atoms with Gasteiger partial charge in [0.15, 0.2) is 0 Å². The minimum absolute atomic E-state index is 0. The lowest BCUT2D eigenvalue weighted by Gasteiger charge is -2.02. The van der Waals surface area contributed by atoms with Crippen LogP contribution in [0.5, 0.6) is 0 Å². The molecule has 4 nitrogen and oxygen atoms in total. The van der Waals surface area contributed by atoms with Gasteiger partial charge in [-0.3, -0.25) is 4.79 Å². The Morgan fingerprint density at radius 1 is 1.53 bits per heavy atom. The van der Waals surface area contributed by atoms with Crippen molar-refractivity contribution in [1.29, 1.82) is 0 Å². The maximum Gasteiger partial charge on any atom is 0.321 e. The van der Waals surface area contributed by atoms with E-state index in [1.165, 1.54) is 0 Å². The van der Waals surface area contributed by atoms with Crippen LogP contribution in [-0.2, 0) is 4.79 Å². The highest BCUT2D eigenvalue weighted by molar-refractivity contribution is 7.80. The molecule has 1 unspecified atom stereocenters. The van der Waals surface area contributed by atoms with E-state index in [0.29, 0.717) is 0 Å². The molecule has 0 rings (SSSR count). The molecule has 1 atom stereocenters. The summed E-state index contributed by atoms with van der Waals surface area (Å²) in [6.07, 6.45) is 0. The van der Waals surface area contributed by atoms with E-state index in [0.717, 1.165) is 12.4 Å². The van der Waals surface area contributed by atoms with Crippen LogP contribution in [0.2, 0.25) is 0 Å². The number of hydrogen-bond acceptors (Lipinski definition) is 4. The number of rotatable bonds is 4. The molecule has 0 aromatic carbocycles. The number of carboxylic acid groups (broad SMARTS) is 1. The monoisotopic (exact) mass is 300 g/mol. The van der Waals surface area contributed by atoms with E-state index in [2.05, 4.69) is 12.6 Å². The van der Waals surface area contributed by atoms with Crippen molar-refractivity contribution >= 4 is 55.0 Å². The summed E-state index contributed by atoms with van der Waals surface area (Å²) in [4.78, 5) is 11.8. The zero-order chi connectivity index (χ0) is 10.9. The summed E-state index contributed by atoms with van der Waals surface area (Å²) in [6, 6.07) is -0.816. The van der Waals surface area contributed by atoms with Gasteiger partial charge in [0.05, 0.1) is 0 Å². The first-order valence-electron chi connectivity index (χ1n) is 3.75. The van der Waals surface area contributed by atoms with Gasteiger partial charge in [0.2, 0.25) is 0 Å². The average Bonchev–Trinajstić information content (AvgIpc) is 2.03. The Morgan fingerprint density at radius 3 is 1.93 bits per heavy atom. The molecule has 0 saturated heterocycles. The molecule has 0 spiro atoms. The molecular formula is C7H19Cl3N2O2S. The van der Waals surface area contributed by atoms with Gasteiger partial charge in [-0.1, -0.05) is 0 Å². The lowest BCUT2D eigenvalue weighted by molar-refractivity contribution is -0.137. The van der Waals surface area contributed by atoms with Crippen molar-refractivity contribution in [3.05, 3.63) is 0 Å². The van der Waals surface area contributed by atoms with Crippen molar-refractivity contribution in [2.24, 2.45) is 5.73 Å². The van der Waals surface area contributed by atoms with E-state index in [1.807, 2.05) is 19.0 Å². The van der Waals surface area contributed by atoms with E-state index in [1.54, 1.807) is 0 Å². The van der Waals surface area contributed by atoms with Crippen molar-refractivity contribution in [1.82, 2.24) is 4.90 Å². The van der Waals surface area contributed by atoms with Crippen LogP contribution in [0.4, 0.5) is 0 Å². The Balaban J connectivity index is -0.0000000718. The smallest absolute Gasteiger partial charge is 0.321 e. The highest BCUT2D eigenvalue weighted by Gasteiger charge is 2.06. The van der Waals surface area contributed by atoms with Crippen molar-refractivity contribution in [2.75, 3.05) is 32.3 Å². The van der Waals surface area contributed by atoms with Crippen molar-refractivity contribution in [3.63, 3.8) is 0 Å². The molecular weight excluding hydrogens is 283 g/mol. The fraction of sp³-hybridized carbons (Fsp3) is 0.857. The third-order valence-electron chi connectivity index (χ3n) is 1.05. The molecule has 0 aliphatic heterocycles. The Morgan fingerprint density at radius 2 is 1.93 bits per heavy atom. The lowest BCUT2D eigenvalue weighted by atomic mass is 10.4. The van der Waals surface area contributed by atoms with Gasteiger partial charge in [0.1, 0.15) is 6.04 Å². The molecule has 0 aromatic rings. The number of alkyl halides is 1. The molecule has 15 heavy (non-hydrogen) atoms. The number of hydrogen-bond donors (Lipinski definition) is 3. The van der Waals surface area contributed by atoms with Crippen LogP contribution in [0, 0.1) is 0 Å². The second-order valence-electron chi connectivity index (χ2n) is 2.62. The number of carbonyl (C=O) groups is 1. The largest absolute Gasteiger partial charge is 0.480 e. The van der Waals surface area contributed by atoms with Crippen molar-refractivity contribution in [3.8, 4) is 0 Å². The number of halogens is 3. The van der Waals surface area contributed by atoms with E-state index in [-0.39, 0.29) is 30.6 Å². The summed E-state index contributed by atoms with van der Waals surface area (Å²) in [5.74, 6) is -0.0856. The first-order valence-corrected chi connectivity index (χ1v) is 4.92.